The molecule has 1 atom stereocenters. The minimum absolute atomic E-state index is 0.0428. The lowest BCUT2D eigenvalue weighted by Crippen LogP contribution is -3.12. The summed E-state index contributed by atoms with van der Waals surface area (Å²) in [5, 5.41) is 11.4. The van der Waals surface area contributed by atoms with Crippen LogP contribution in [0.25, 0.3) is 5.76 Å². The average molecular weight is 418 g/mol. The number of aliphatic hydroxyl groups is 1. The van der Waals surface area contributed by atoms with E-state index in [4.69, 9.17) is 16.0 Å². The summed E-state index contributed by atoms with van der Waals surface area (Å²) in [6.45, 7) is 8.92. The number of hydrogen-bond acceptors (Lipinski definition) is 4. The van der Waals surface area contributed by atoms with Crippen LogP contribution in [0.1, 0.15) is 37.0 Å². The van der Waals surface area contributed by atoms with E-state index in [1.165, 1.54) is 9.80 Å². The number of rotatable bonds is 7. The molecule has 1 aliphatic heterocycles. The molecule has 0 unspecified atom stereocenters. The average Bonchev–Trinajstić information content (AvgIpc) is 3.24. The van der Waals surface area contributed by atoms with Gasteiger partial charge in [-0.1, -0.05) is 11.6 Å². The van der Waals surface area contributed by atoms with E-state index < -0.39 is 17.7 Å². The summed E-state index contributed by atoms with van der Waals surface area (Å²) in [5.74, 6) is -0.410. The molecule has 0 bridgehead atoms. The number of nitrogens with zero attached hydrogens (tertiary/aromatic N) is 1. The molecule has 0 aliphatic carbocycles. The Labute approximate surface area is 175 Å². The predicted octanol–water partition coefficient (Wildman–Crippen LogP) is 2.59. The lowest BCUT2D eigenvalue weighted by Gasteiger charge is -2.25. The maximum Gasteiger partial charge on any atom is 0.295 e. The van der Waals surface area contributed by atoms with Gasteiger partial charge < -0.3 is 19.3 Å². The number of furan rings is 1. The van der Waals surface area contributed by atoms with Crippen LogP contribution in [0.2, 0.25) is 5.02 Å². The van der Waals surface area contributed by atoms with E-state index in [0.29, 0.717) is 35.2 Å². The molecule has 1 fully saturated rings. The van der Waals surface area contributed by atoms with Gasteiger partial charge in [0.15, 0.2) is 0 Å². The van der Waals surface area contributed by atoms with Gasteiger partial charge in [0.25, 0.3) is 11.7 Å². The third-order valence-corrected chi connectivity index (χ3v) is 5.65. The van der Waals surface area contributed by atoms with E-state index in [-0.39, 0.29) is 11.3 Å². The molecule has 2 heterocycles. The van der Waals surface area contributed by atoms with Crippen molar-refractivity contribution in [2.45, 2.75) is 26.8 Å². The zero-order valence-corrected chi connectivity index (χ0v) is 17.6. The Bertz CT molecular complexity index is 929. The summed E-state index contributed by atoms with van der Waals surface area (Å²) in [5.41, 5.74) is 0.469. The Morgan fingerprint density at radius 2 is 1.79 bits per heavy atom. The molecule has 0 saturated carbocycles. The van der Waals surface area contributed by atoms with Crippen LogP contribution < -0.4 is 4.90 Å². The van der Waals surface area contributed by atoms with Crippen LogP contribution in [0.5, 0.6) is 0 Å². The van der Waals surface area contributed by atoms with E-state index in [9.17, 15) is 14.7 Å². The number of carbonyl (C=O) groups is 2. The normalized spacial score (nSPS) is 18.8. The van der Waals surface area contributed by atoms with Gasteiger partial charge in [-0.2, -0.15) is 0 Å². The Hall–Kier alpha value is -2.57. The highest BCUT2D eigenvalue weighted by molar-refractivity contribution is 6.46. The number of ketones is 1. The molecule has 1 amide bonds. The first-order chi connectivity index (χ1) is 13.9. The molecule has 0 spiro atoms. The first-order valence-electron chi connectivity index (χ1n) is 9.81. The van der Waals surface area contributed by atoms with Gasteiger partial charge in [0.1, 0.15) is 23.3 Å². The molecule has 1 saturated heterocycles. The Kier molecular flexibility index (Phi) is 6.45. The fraction of sp³-hybridized carbons (Fsp3) is 0.364. The highest BCUT2D eigenvalue weighted by Gasteiger charge is 2.47. The van der Waals surface area contributed by atoms with E-state index in [1.807, 2.05) is 0 Å². The molecule has 29 heavy (non-hydrogen) atoms. The van der Waals surface area contributed by atoms with Gasteiger partial charge in [-0.15, -0.1) is 0 Å². The van der Waals surface area contributed by atoms with Crippen molar-refractivity contribution in [3.8, 4) is 0 Å². The minimum Gasteiger partial charge on any atom is -0.507 e. The Balaban J connectivity index is 2.06. The van der Waals surface area contributed by atoms with Gasteiger partial charge in [0, 0.05) is 10.6 Å². The molecule has 0 radical (unpaired) electrons. The van der Waals surface area contributed by atoms with Gasteiger partial charge in [-0.25, -0.2) is 0 Å². The molecule has 1 aromatic heterocycles. The molecule has 2 aromatic rings. The van der Waals surface area contributed by atoms with Crippen LogP contribution in [0, 0.1) is 6.92 Å². The number of aliphatic hydroxyl groups excluding tert-OH is 1. The third-order valence-electron chi connectivity index (χ3n) is 5.39. The Morgan fingerprint density at radius 3 is 2.34 bits per heavy atom. The zero-order chi connectivity index (χ0) is 21.1. The van der Waals surface area contributed by atoms with Gasteiger partial charge in [-0.05, 0) is 57.2 Å². The molecule has 3 rings (SSSR count). The highest BCUT2D eigenvalue weighted by atomic mass is 35.5. The van der Waals surface area contributed by atoms with Crippen molar-refractivity contribution in [3.63, 3.8) is 0 Å². The summed E-state index contributed by atoms with van der Waals surface area (Å²) >= 11 is 5.93. The van der Waals surface area contributed by atoms with E-state index in [0.717, 1.165) is 13.1 Å². The van der Waals surface area contributed by atoms with Crippen LogP contribution in [0.4, 0.5) is 0 Å². The molecule has 1 aliphatic rings. The van der Waals surface area contributed by atoms with Crippen LogP contribution in [-0.2, 0) is 9.59 Å². The fourth-order valence-corrected chi connectivity index (χ4v) is 3.78. The first kappa shape index (κ1) is 21.1. The summed E-state index contributed by atoms with van der Waals surface area (Å²) in [7, 11) is 0. The monoisotopic (exact) mass is 417 g/mol. The molecule has 7 heteroatoms. The number of quaternary nitrogens is 1. The number of carbonyl (C=O) groups excluding carboxylic acids is 2. The van der Waals surface area contributed by atoms with Crippen molar-refractivity contribution in [2.75, 3.05) is 26.2 Å². The highest BCUT2D eigenvalue weighted by Crippen LogP contribution is 2.39. The van der Waals surface area contributed by atoms with Crippen LogP contribution in [-0.4, -0.2) is 47.9 Å². The zero-order valence-electron chi connectivity index (χ0n) is 16.9. The first-order valence-corrected chi connectivity index (χ1v) is 10.2. The summed E-state index contributed by atoms with van der Waals surface area (Å²) in [6.07, 6.45) is 0. The maximum atomic E-state index is 12.9. The van der Waals surface area contributed by atoms with Crippen molar-refractivity contribution in [1.29, 1.82) is 0 Å². The second kappa shape index (κ2) is 8.84. The van der Waals surface area contributed by atoms with Crippen LogP contribution in [0.3, 0.4) is 0 Å². The standard InChI is InChI=1S/C22H25ClN2O4/c1-4-24(5-2)12-13-25-19(17-11-6-14(3)29-17)18(21(27)22(25)28)20(26)15-7-9-16(23)10-8-15/h6-11,19,26H,4-5,12-13H2,1-3H3/p+1/t19-/m0/s1. The number of likely N-dealkylation sites (tertiary alicyclic amines) is 1. The number of aryl methyl sites for hydroxylation is 1. The molecule has 1 aromatic carbocycles. The largest absolute Gasteiger partial charge is 0.507 e. The second-order valence-corrected chi connectivity index (χ2v) is 7.59. The fourth-order valence-electron chi connectivity index (χ4n) is 3.65. The van der Waals surface area contributed by atoms with Crippen molar-refractivity contribution in [3.05, 3.63) is 64.1 Å². The van der Waals surface area contributed by atoms with Crippen molar-refractivity contribution >= 4 is 29.1 Å². The van der Waals surface area contributed by atoms with Crippen LogP contribution in [0.15, 0.2) is 46.4 Å². The Morgan fingerprint density at radius 1 is 1.14 bits per heavy atom. The number of Topliss-reactive ketones (excluding diaryl/α,β-unsaturated/α-hetero) is 1. The number of likely N-dealkylation sites (N-methyl/N-ethyl adjacent to an activating group) is 1. The van der Waals surface area contributed by atoms with E-state index in [2.05, 4.69) is 13.8 Å². The third kappa shape index (κ3) is 4.23. The van der Waals surface area contributed by atoms with E-state index >= 15 is 0 Å². The summed E-state index contributed by atoms with van der Waals surface area (Å²) in [6, 6.07) is 9.27. The maximum absolute atomic E-state index is 12.9. The summed E-state index contributed by atoms with van der Waals surface area (Å²) in [4.78, 5) is 28.6. The van der Waals surface area contributed by atoms with Gasteiger partial charge >= 0.3 is 0 Å². The quantitative estimate of drug-likeness (QED) is 0.412. The van der Waals surface area contributed by atoms with Crippen LogP contribution >= 0.6 is 11.6 Å². The van der Waals surface area contributed by atoms with Crippen molar-refractivity contribution in [1.82, 2.24) is 4.90 Å². The molecular weight excluding hydrogens is 392 g/mol. The second-order valence-electron chi connectivity index (χ2n) is 7.15. The van der Waals surface area contributed by atoms with Gasteiger partial charge in [-0.3, -0.25) is 9.59 Å². The SMILES string of the molecule is CC[NH+](CC)CCN1C(=O)C(=O)C(=C(O)c2ccc(Cl)cc2)[C@@H]1c1ccc(C)o1. The number of hydrogen-bond donors (Lipinski definition) is 2. The molecule has 2 N–H and O–H groups in total. The smallest absolute Gasteiger partial charge is 0.295 e. The number of amides is 1. The molecule has 154 valence electrons. The lowest BCUT2D eigenvalue weighted by molar-refractivity contribution is -0.895. The predicted molar refractivity (Wildman–Crippen MR) is 111 cm³/mol. The van der Waals surface area contributed by atoms with Gasteiger partial charge in [0.05, 0.1) is 31.8 Å². The minimum atomic E-state index is -0.755. The van der Waals surface area contributed by atoms with E-state index in [1.54, 1.807) is 43.3 Å². The lowest BCUT2D eigenvalue weighted by atomic mass is 9.99. The number of nitrogens with one attached hydrogen (secondary N) is 1. The summed E-state index contributed by atoms with van der Waals surface area (Å²) < 4.78 is 5.77. The number of halogens is 1. The molecule has 6 nitrogen and oxygen atoms in total. The van der Waals surface area contributed by atoms with Crippen molar-refractivity contribution < 1.29 is 24.0 Å². The number of benzene rings is 1. The molecular formula is C22H26ClN2O4+. The topological polar surface area (TPSA) is 75.2 Å². The van der Waals surface area contributed by atoms with Crippen molar-refractivity contribution in [2.24, 2.45) is 0 Å². The van der Waals surface area contributed by atoms with Gasteiger partial charge in [0.2, 0.25) is 0 Å².